The van der Waals surface area contributed by atoms with Crippen molar-refractivity contribution in [1.82, 2.24) is 0 Å². The number of hydrogen-bond acceptors (Lipinski definition) is 2. The van der Waals surface area contributed by atoms with Crippen molar-refractivity contribution < 1.29 is 15.0 Å². The summed E-state index contributed by atoms with van der Waals surface area (Å²) in [6, 6.07) is 9.43. The molecule has 0 aliphatic heterocycles. The second-order valence-electron chi connectivity index (χ2n) is 5.08. The Balaban J connectivity index is 2.67. The van der Waals surface area contributed by atoms with Gasteiger partial charge in [-0.25, -0.2) is 4.79 Å². The molecule has 1 aromatic carbocycles. The Kier molecular flexibility index (Phi) is 3.64. The number of aliphatic carboxylic acids is 1. The van der Waals surface area contributed by atoms with Crippen molar-refractivity contribution in [2.75, 3.05) is 0 Å². The molecule has 3 nitrogen and oxygen atoms in total. The summed E-state index contributed by atoms with van der Waals surface area (Å²) in [6.07, 6.45) is 8.21. The first kappa shape index (κ1) is 14.3. The van der Waals surface area contributed by atoms with Gasteiger partial charge in [0.05, 0.1) is 5.57 Å². The first-order valence-corrected chi connectivity index (χ1v) is 6.51. The molecule has 0 saturated heterocycles. The van der Waals surface area contributed by atoms with Crippen LogP contribution in [-0.2, 0) is 10.2 Å². The van der Waals surface area contributed by atoms with Crippen LogP contribution in [-0.4, -0.2) is 21.8 Å². The van der Waals surface area contributed by atoms with E-state index in [4.69, 9.17) is 0 Å². The van der Waals surface area contributed by atoms with Crippen molar-refractivity contribution >= 4 is 5.97 Å². The molecule has 0 fully saturated rings. The van der Waals surface area contributed by atoms with Crippen molar-refractivity contribution in [2.24, 2.45) is 0 Å². The zero-order valence-electron chi connectivity index (χ0n) is 11.6. The number of carboxylic acids is 1. The number of allylic oxidation sites excluding steroid dienone is 3. The Morgan fingerprint density at radius 2 is 1.90 bits per heavy atom. The molecule has 0 saturated carbocycles. The second-order valence-corrected chi connectivity index (χ2v) is 5.08. The Morgan fingerprint density at radius 1 is 1.25 bits per heavy atom. The van der Waals surface area contributed by atoms with Crippen LogP contribution in [0, 0.1) is 0 Å². The van der Waals surface area contributed by atoms with Gasteiger partial charge in [-0.15, -0.1) is 0 Å². The summed E-state index contributed by atoms with van der Waals surface area (Å²) in [5, 5.41) is 20.5. The maximum absolute atomic E-state index is 11.5. The molecule has 1 aromatic rings. The van der Waals surface area contributed by atoms with Crippen molar-refractivity contribution in [3.63, 3.8) is 0 Å². The van der Waals surface area contributed by atoms with E-state index in [9.17, 15) is 15.0 Å². The molecule has 0 amide bonds. The minimum atomic E-state index is -1.58. The van der Waals surface area contributed by atoms with E-state index in [0.29, 0.717) is 0 Å². The van der Waals surface area contributed by atoms with Crippen LogP contribution in [0.1, 0.15) is 19.4 Å². The predicted octanol–water partition coefficient (Wildman–Crippen LogP) is 2.83. The first-order valence-electron chi connectivity index (χ1n) is 6.51. The van der Waals surface area contributed by atoms with E-state index >= 15 is 0 Å². The summed E-state index contributed by atoms with van der Waals surface area (Å²) in [4.78, 5) is 11.5. The molecule has 0 heterocycles. The van der Waals surface area contributed by atoms with Gasteiger partial charge in [0.25, 0.3) is 0 Å². The molecule has 1 aliphatic carbocycles. The summed E-state index contributed by atoms with van der Waals surface area (Å²) in [5.74, 6) is -1.11. The van der Waals surface area contributed by atoms with Crippen molar-refractivity contribution in [3.8, 4) is 0 Å². The first-order chi connectivity index (χ1) is 9.45. The number of rotatable bonds is 3. The van der Waals surface area contributed by atoms with E-state index < -0.39 is 17.0 Å². The summed E-state index contributed by atoms with van der Waals surface area (Å²) >= 11 is 0. The van der Waals surface area contributed by atoms with Crippen LogP contribution in [0.2, 0.25) is 0 Å². The molecule has 2 N–H and O–H groups in total. The quantitative estimate of drug-likeness (QED) is 0.830. The fraction of sp³-hybridized carbons (Fsp3) is 0.235. The highest BCUT2D eigenvalue weighted by molar-refractivity contribution is 5.91. The molecule has 20 heavy (non-hydrogen) atoms. The van der Waals surface area contributed by atoms with E-state index in [1.54, 1.807) is 25.2 Å². The average molecular weight is 270 g/mol. The normalized spacial score (nSPS) is 29.4. The van der Waals surface area contributed by atoms with Crippen LogP contribution in [0.3, 0.4) is 0 Å². The van der Waals surface area contributed by atoms with Gasteiger partial charge in [0.15, 0.2) is 0 Å². The standard InChI is InChI=1S/C17H18O3/c1-3-11-17(20)14(15(18)19)10-7-12-16(17,2)13-8-5-4-6-9-13/h3-12,20H,1-2H3,(H,18,19). The fourth-order valence-electron chi connectivity index (χ4n) is 2.71. The smallest absolute Gasteiger partial charge is 0.334 e. The molecule has 3 heteroatoms. The highest BCUT2D eigenvalue weighted by Gasteiger charge is 2.50. The molecule has 0 bridgehead atoms. The predicted molar refractivity (Wildman–Crippen MR) is 78.4 cm³/mol. The molecule has 104 valence electrons. The summed E-state index contributed by atoms with van der Waals surface area (Å²) in [7, 11) is 0. The largest absolute Gasteiger partial charge is 0.478 e. The summed E-state index contributed by atoms with van der Waals surface area (Å²) < 4.78 is 0. The Bertz CT molecular complexity index is 598. The van der Waals surface area contributed by atoms with E-state index in [1.807, 2.05) is 43.3 Å². The second kappa shape index (κ2) is 5.10. The zero-order valence-corrected chi connectivity index (χ0v) is 11.6. The van der Waals surface area contributed by atoms with Crippen LogP contribution in [0.15, 0.2) is 66.3 Å². The maximum atomic E-state index is 11.5. The molecule has 0 aromatic heterocycles. The Morgan fingerprint density at radius 3 is 2.45 bits per heavy atom. The van der Waals surface area contributed by atoms with Gasteiger partial charge in [0.2, 0.25) is 0 Å². The van der Waals surface area contributed by atoms with Gasteiger partial charge in [-0.3, -0.25) is 0 Å². The number of carbonyl (C=O) groups is 1. The molecule has 0 radical (unpaired) electrons. The lowest BCUT2D eigenvalue weighted by Crippen LogP contribution is -2.51. The monoisotopic (exact) mass is 270 g/mol. The van der Waals surface area contributed by atoms with Crippen LogP contribution in [0.4, 0.5) is 0 Å². The number of hydrogen-bond donors (Lipinski definition) is 2. The zero-order chi connectivity index (χ0) is 14.8. The maximum Gasteiger partial charge on any atom is 0.334 e. The molecule has 2 unspecified atom stereocenters. The summed E-state index contributed by atoms with van der Waals surface area (Å²) in [5.41, 5.74) is -1.57. The third kappa shape index (κ3) is 2.00. The van der Waals surface area contributed by atoms with Crippen LogP contribution < -0.4 is 0 Å². The van der Waals surface area contributed by atoms with Crippen LogP contribution >= 0.6 is 0 Å². The van der Waals surface area contributed by atoms with Crippen molar-refractivity contribution in [3.05, 3.63) is 71.8 Å². The van der Waals surface area contributed by atoms with Crippen molar-refractivity contribution in [1.29, 1.82) is 0 Å². The lowest BCUT2D eigenvalue weighted by Gasteiger charge is -2.44. The van der Waals surface area contributed by atoms with Crippen LogP contribution in [0.5, 0.6) is 0 Å². The van der Waals surface area contributed by atoms with E-state index in [2.05, 4.69) is 0 Å². The van der Waals surface area contributed by atoms with Gasteiger partial charge in [0.1, 0.15) is 5.60 Å². The molecular weight excluding hydrogens is 252 g/mol. The topological polar surface area (TPSA) is 57.5 Å². The van der Waals surface area contributed by atoms with E-state index in [0.717, 1.165) is 5.56 Å². The highest BCUT2D eigenvalue weighted by Crippen LogP contribution is 2.44. The molecule has 0 spiro atoms. The molecule has 2 atom stereocenters. The molecular formula is C17H18O3. The summed E-state index contributed by atoms with van der Waals surface area (Å²) in [6.45, 7) is 3.61. The van der Waals surface area contributed by atoms with Gasteiger partial charge in [0, 0.05) is 5.41 Å². The van der Waals surface area contributed by atoms with Gasteiger partial charge >= 0.3 is 5.97 Å². The van der Waals surface area contributed by atoms with E-state index in [-0.39, 0.29) is 5.57 Å². The minimum Gasteiger partial charge on any atom is -0.478 e. The third-order valence-electron chi connectivity index (χ3n) is 3.91. The van der Waals surface area contributed by atoms with Crippen LogP contribution in [0.25, 0.3) is 0 Å². The van der Waals surface area contributed by atoms with Crippen molar-refractivity contribution in [2.45, 2.75) is 24.9 Å². The van der Waals surface area contributed by atoms with E-state index in [1.165, 1.54) is 6.08 Å². The fourth-order valence-corrected chi connectivity index (χ4v) is 2.71. The Labute approximate surface area is 118 Å². The lowest BCUT2D eigenvalue weighted by molar-refractivity contribution is -0.135. The van der Waals surface area contributed by atoms with Gasteiger partial charge in [-0.2, -0.15) is 0 Å². The molecule has 1 aliphatic rings. The van der Waals surface area contributed by atoms with Gasteiger partial charge in [-0.1, -0.05) is 54.6 Å². The number of carboxylic acid groups (broad SMARTS) is 1. The van der Waals surface area contributed by atoms with Gasteiger partial charge < -0.3 is 10.2 Å². The lowest BCUT2D eigenvalue weighted by atomic mass is 9.63. The Hall–Kier alpha value is -2.13. The average Bonchev–Trinajstić information content (AvgIpc) is 2.43. The highest BCUT2D eigenvalue weighted by atomic mass is 16.4. The number of aliphatic hydroxyl groups is 1. The SMILES string of the molecule is CC=CC1(O)C(C(=O)O)=CC=CC1(C)c1ccccc1. The number of benzene rings is 1. The molecule has 2 rings (SSSR count). The minimum absolute atomic E-state index is 0.0237. The van der Waals surface area contributed by atoms with Gasteiger partial charge in [-0.05, 0) is 25.5 Å². The third-order valence-corrected chi connectivity index (χ3v) is 3.91.